The van der Waals surface area contributed by atoms with E-state index < -0.39 is 22.2 Å². The van der Waals surface area contributed by atoms with Crippen LogP contribution in [0.2, 0.25) is 0 Å². The zero-order valence-corrected chi connectivity index (χ0v) is 19.8. The molecule has 33 heavy (non-hydrogen) atoms. The minimum absolute atomic E-state index is 0.343. The molecule has 0 spiro atoms. The number of para-hydroxylation sites is 1. The summed E-state index contributed by atoms with van der Waals surface area (Å²) in [4.78, 5) is 9.18. The van der Waals surface area contributed by atoms with Gasteiger partial charge in [-0.15, -0.1) is 4.72 Å². The fraction of sp³-hybridized carbons (Fsp3) is 0.280. The summed E-state index contributed by atoms with van der Waals surface area (Å²) < 4.78 is 21.4. The van der Waals surface area contributed by atoms with Crippen molar-refractivity contribution in [2.24, 2.45) is 0 Å². The number of nitrogens with one attached hydrogen (secondary N) is 1. The first-order valence-electron chi connectivity index (χ1n) is 10.6. The van der Waals surface area contributed by atoms with Crippen molar-refractivity contribution in [3.05, 3.63) is 77.4 Å². The zero-order valence-electron chi connectivity index (χ0n) is 19.0. The van der Waals surface area contributed by atoms with Crippen LogP contribution in [0.4, 0.5) is 0 Å². The second kappa shape index (κ2) is 9.32. The third-order valence-electron chi connectivity index (χ3n) is 5.32. The number of hydrogen-bond donors (Lipinski definition) is 1. The molecule has 1 N–H and O–H groups in total. The molecule has 1 aromatic carbocycles. The third kappa shape index (κ3) is 4.91. The van der Waals surface area contributed by atoms with Gasteiger partial charge in [-0.3, -0.25) is 4.98 Å². The lowest BCUT2D eigenvalue weighted by atomic mass is 9.98. The maximum Gasteiger partial charge on any atom is 0.167 e. The monoisotopic (exact) mass is 459 g/mol. The Morgan fingerprint density at radius 2 is 1.94 bits per heavy atom. The largest absolute Gasteiger partial charge is 0.598 e. The van der Waals surface area contributed by atoms with Crippen LogP contribution in [0.1, 0.15) is 49.5 Å². The van der Waals surface area contributed by atoms with Crippen LogP contribution in [-0.4, -0.2) is 24.4 Å². The highest BCUT2D eigenvalue weighted by Gasteiger charge is 2.32. The molecule has 0 aliphatic rings. The first-order chi connectivity index (χ1) is 15.8. The predicted octanol–water partition coefficient (Wildman–Crippen LogP) is 4.80. The fourth-order valence-corrected chi connectivity index (χ4v) is 4.32. The summed E-state index contributed by atoms with van der Waals surface area (Å²) >= 11 is -1.36. The van der Waals surface area contributed by atoms with Gasteiger partial charge in [0.25, 0.3) is 0 Å². The average Bonchev–Trinajstić information content (AvgIpc) is 3.23. The number of nitriles is 1. The van der Waals surface area contributed by atoms with Gasteiger partial charge in [0.2, 0.25) is 0 Å². The molecule has 0 saturated heterocycles. The molecule has 4 aromatic rings. The van der Waals surface area contributed by atoms with Crippen molar-refractivity contribution in [1.82, 2.24) is 19.8 Å². The van der Waals surface area contributed by atoms with Crippen LogP contribution in [0, 0.1) is 18.3 Å². The van der Waals surface area contributed by atoms with Crippen LogP contribution in [-0.2, 0) is 17.8 Å². The first-order valence-corrected chi connectivity index (χ1v) is 11.8. The Hall–Kier alpha value is -3.25. The highest BCUT2D eigenvalue weighted by Crippen LogP contribution is 2.34. The quantitative estimate of drug-likeness (QED) is 0.412. The second-order valence-electron chi connectivity index (χ2n) is 8.79. The first kappa shape index (κ1) is 22.9. The van der Waals surface area contributed by atoms with E-state index in [9.17, 15) is 9.81 Å². The summed E-state index contributed by atoms with van der Waals surface area (Å²) in [5, 5.41) is 14.5. The summed E-state index contributed by atoms with van der Waals surface area (Å²) in [6.45, 7) is 7.69. The molecule has 0 radical (unpaired) electrons. The van der Waals surface area contributed by atoms with Crippen molar-refractivity contribution in [2.75, 3.05) is 0 Å². The molecule has 168 valence electrons. The average molecular weight is 460 g/mol. The van der Waals surface area contributed by atoms with Gasteiger partial charge in [-0.1, -0.05) is 23.4 Å². The van der Waals surface area contributed by atoms with E-state index in [4.69, 9.17) is 4.52 Å². The van der Waals surface area contributed by atoms with E-state index in [1.165, 1.54) is 0 Å². The van der Waals surface area contributed by atoms with Gasteiger partial charge in [-0.05, 0) is 63.6 Å². The van der Waals surface area contributed by atoms with Crippen LogP contribution in [0.5, 0.6) is 0 Å². The van der Waals surface area contributed by atoms with Gasteiger partial charge >= 0.3 is 0 Å². The van der Waals surface area contributed by atoms with Crippen LogP contribution in [0.3, 0.4) is 0 Å². The molecule has 0 amide bonds. The molecule has 2 atom stereocenters. The lowest BCUT2D eigenvalue weighted by molar-refractivity contribution is 0.459. The Labute approximate surface area is 196 Å². The van der Waals surface area contributed by atoms with Crippen LogP contribution < -0.4 is 4.72 Å². The van der Waals surface area contributed by atoms with Crippen molar-refractivity contribution in [2.45, 2.75) is 44.9 Å². The molecule has 0 aliphatic carbocycles. The molecular weight excluding hydrogens is 434 g/mol. The Kier molecular flexibility index (Phi) is 6.47. The van der Waals surface area contributed by atoms with Crippen molar-refractivity contribution >= 4 is 22.3 Å². The Balaban J connectivity index is 1.82. The van der Waals surface area contributed by atoms with Gasteiger partial charge in [0.05, 0.1) is 5.69 Å². The van der Waals surface area contributed by atoms with Crippen molar-refractivity contribution < 1.29 is 9.08 Å². The second-order valence-corrected chi connectivity index (χ2v) is 10.8. The van der Waals surface area contributed by atoms with Gasteiger partial charge in [-0.25, -0.2) is 4.98 Å². The molecule has 3 heterocycles. The Morgan fingerprint density at radius 1 is 1.15 bits per heavy atom. The van der Waals surface area contributed by atoms with Crippen molar-refractivity contribution in [3.63, 3.8) is 0 Å². The number of hydrogen-bond acceptors (Lipinski definition) is 7. The molecule has 0 fully saturated rings. The standard InChI is InChI=1S/C25H25N5O2S/c1-16-11-12-17(15-26)28-20(16)14-21(30-33(31)25(2,3)4)24-19(9-7-13-27-24)23-18-8-5-6-10-22(18)32-29-23/h5-13,21,30H,14H2,1-4H3/t21-,33-/m0/s1. The Bertz CT molecular complexity index is 1320. The summed E-state index contributed by atoms with van der Waals surface area (Å²) in [6.07, 6.45) is 2.12. The van der Waals surface area contributed by atoms with E-state index >= 15 is 0 Å². The summed E-state index contributed by atoms with van der Waals surface area (Å²) in [6, 6.07) is 16.7. The van der Waals surface area contributed by atoms with E-state index in [0.717, 1.165) is 22.2 Å². The third-order valence-corrected chi connectivity index (χ3v) is 6.93. The smallest absolute Gasteiger partial charge is 0.167 e. The number of pyridine rings is 2. The van der Waals surface area contributed by atoms with Crippen LogP contribution in [0.25, 0.3) is 22.2 Å². The highest BCUT2D eigenvalue weighted by molar-refractivity contribution is 7.90. The minimum Gasteiger partial charge on any atom is -0.598 e. The number of rotatable bonds is 6. The van der Waals surface area contributed by atoms with Crippen molar-refractivity contribution in [1.29, 1.82) is 5.26 Å². The summed E-state index contributed by atoms with van der Waals surface area (Å²) in [5.74, 6) is 0. The van der Waals surface area contributed by atoms with E-state index in [1.807, 2.05) is 70.2 Å². The SMILES string of the molecule is Cc1ccc(C#N)nc1C[C@H](N[S@@+]([O-])C(C)(C)C)c1ncccc1-c1noc2ccccc12. The topological polar surface area (TPSA) is 111 Å². The van der Waals surface area contributed by atoms with Crippen LogP contribution in [0.15, 0.2) is 59.3 Å². The predicted molar refractivity (Wildman–Crippen MR) is 128 cm³/mol. The molecule has 3 aromatic heterocycles. The normalized spacial score (nSPS) is 13.6. The van der Waals surface area contributed by atoms with Gasteiger partial charge in [-0.2, -0.15) is 5.26 Å². The Morgan fingerprint density at radius 3 is 2.70 bits per heavy atom. The number of nitrogens with zero attached hydrogens (tertiary/aromatic N) is 4. The molecule has 4 rings (SSSR count). The highest BCUT2D eigenvalue weighted by atomic mass is 32.2. The maximum absolute atomic E-state index is 13.1. The number of aryl methyl sites for hydroxylation is 1. The van der Waals surface area contributed by atoms with Gasteiger partial charge in [0, 0.05) is 40.6 Å². The molecule has 0 bridgehead atoms. The minimum atomic E-state index is -1.36. The van der Waals surface area contributed by atoms with Crippen molar-refractivity contribution in [3.8, 4) is 17.3 Å². The molecule has 8 heteroatoms. The van der Waals surface area contributed by atoms with E-state index in [-0.39, 0.29) is 0 Å². The summed E-state index contributed by atoms with van der Waals surface area (Å²) in [5.41, 5.74) is 4.89. The number of aromatic nitrogens is 3. The fourth-order valence-electron chi connectivity index (χ4n) is 3.51. The molecule has 7 nitrogen and oxygen atoms in total. The van der Waals surface area contributed by atoms with Gasteiger partial charge < -0.3 is 9.08 Å². The molecule has 0 saturated carbocycles. The molecule has 0 aliphatic heterocycles. The van der Waals surface area contributed by atoms with Gasteiger partial charge in [0.1, 0.15) is 28.2 Å². The van der Waals surface area contributed by atoms with Crippen LogP contribution >= 0.6 is 0 Å². The van der Waals surface area contributed by atoms with E-state index in [1.54, 1.807) is 12.3 Å². The number of fused-ring (bicyclic) bond motifs is 1. The van der Waals surface area contributed by atoms with E-state index in [0.29, 0.717) is 29.1 Å². The van der Waals surface area contributed by atoms with E-state index in [2.05, 4.69) is 25.9 Å². The maximum atomic E-state index is 13.1. The molecular formula is C25H25N5O2S. The summed E-state index contributed by atoms with van der Waals surface area (Å²) in [7, 11) is 0. The lowest BCUT2D eigenvalue weighted by Crippen LogP contribution is -2.42. The number of benzene rings is 1. The molecule has 0 unspecified atom stereocenters. The zero-order chi connectivity index (χ0) is 23.6. The lowest BCUT2D eigenvalue weighted by Gasteiger charge is -2.28. The van der Waals surface area contributed by atoms with Gasteiger partial charge in [0.15, 0.2) is 5.58 Å².